The lowest BCUT2D eigenvalue weighted by Crippen LogP contribution is -2.44. The zero-order valence-corrected chi connectivity index (χ0v) is 16.4. The maximum Gasteiger partial charge on any atom is 0.239 e. The Morgan fingerprint density at radius 2 is 1.73 bits per heavy atom. The van der Waals surface area contributed by atoms with Gasteiger partial charge >= 0.3 is 0 Å². The lowest BCUT2D eigenvalue weighted by atomic mass is 10.1. The fourth-order valence-electron chi connectivity index (χ4n) is 2.80. The predicted molar refractivity (Wildman–Crippen MR) is 109 cm³/mol. The maximum absolute atomic E-state index is 12.7. The number of nitrogens with two attached hydrogens (primary N) is 1. The van der Waals surface area contributed by atoms with Crippen LogP contribution in [0.2, 0.25) is 0 Å². The highest BCUT2D eigenvalue weighted by atomic mass is 35.5. The molecule has 0 aromatic heterocycles. The summed E-state index contributed by atoms with van der Waals surface area (Å²) in [6, 6.07) is 17.6. The Morgan fingerprint density at radius 1 is 1.08 bits per heavy atom. The highest BCUT2D eigenvalue weighted by Gasteiger charge is 2.20. The standard InChI is InChI=1S/C21H28N2O2.ClH/c1-3-7-20(22)21(24)23(16-18-8-5-4-6-9-18)15-14-17-10-12-19(25-2)13-11-17;/h4-6,8-13,20H,3,7,14-16,22H2,1-2H3;1H. The first-order valence-electron chi connectivity index (χ1n) is 8.85. The van der Waals surface area contributed by atoms with Gasteiger partial charge in [0.25, 0.3) is 0 Å². The molecule has 0 fully saturated rings. The lowest BCUT2D eigenvalue weighted by Gasteiger charge is -2.26. The Bertz CT molecular complexity index is 647. The van der Waals surface area contributed by atoms with Gasteiger partial charge in [-0.3, -0.25) is 4.79 Å². The van der Waals surface area contributed by atoms with E-state index in [0.29, 0.717) is 19.5 Å². The van der Waals surface area contributed by atoms with Gasteiger partial charge in [0.15, 0.2) is 0 Å². The van der Waals surface area contributed by atoms with Crippen molar-refractivity contribution in [1.82, 2.24) is 4.90 Å². The number of hydrogen-bond acceptors (Lipinski definition) is 3. The van der Waals surface area contributed by atoms with Gasteiger partial charge in [-0.1, -0.05) is 55.8 Å². The summed E-state index contributed by atoms with van der Waals surface area (Å²) in [6.07, 6.45) is 2.42. The molecule has 4 nitrogen and oxygen atoms in total. The van der Waals surface area contributed by atoms with E-state index in [1.807, 2.05) is 66.4 Å². The van der Waals surface area contributed by atoms with Gasteiger partial charge < -0.3 is 15.4 Å². The third-order valence-corrected chi connectivity index (χ3v) is 4.27. The van der Waals surface area contributed by atoms with Crippen molar-refractivity contribution in [3.05, 3.63) is 65.7 Å². The van der Waals surface area contributed by atoms with Crippen LogP contribution < -0.4 is 10.5 Å². The minimum atomic E-state index is -0.426. The van der Waals surface area contributed by atoms with Gasteiger partial charge in [-0.2, -0.15) is 0 Å². The van der Waals surface area contributed by atoms with Crippen molar-refractivity contribution in [2.24, 2.45) is 5.73 Å². The van der Waals surface area contributed by atoms with E-state index in [1.165, 1.54) is 5.56 Å². The molecule has 142 valence electrons. The summed E-state index contributed by atoms with van der Waals surface area (Å²) in [4.78, 5) is 14.6. The van der Waals surface area contributed by atoms with Crippen LogP contribution in [0.5, 0.6) is 5.75 Å². The van der Waals surface area contributed by atoms with Gasteiger partial charge in [-0.05, 0) is 36.1 Å². The largest absolute Gasteiger partial charge is 0.497 e. The number of hydrogen-bond donors (Lipinski definition) is 1. The first-order valence-corrected chi connectivity index (χ1v) is 8.85. The topological polar surface area (TPSA) is 55.6 Å². The molecule has 0 saturated carbocycles. The molecule has 0 radical (unpaired) electrons. The molecule has 2 aromatic carbocycles. The van der Waals surface area contributed by atoms with Crippen molar-refractivity contribution in [2.45, 2.75) is 38.8 Å². The molecule has 1 unspecified atom stereocenters. The monoisotopic (exact) mass is 376 g/mol. The molecule has 1 atom stereocenters. The minimum absolute atomic E-state index is 0. The number of ether oxygens (including phenoxy) is 1. The second-order valence-corrected chi connectivity index (χ2v) is 6.24. The highest BCUT2D eigenvalue weighted by molar-refractivity contribution is 5.85. The van der Waals surface area contributed by atoms with Crippen molar-refractivity contribution in [1.29, 1.82) is 0 Å². The Kier molecular flexibility index (Phi) is 9.78. The number of carbonyl (C=O) groups excluding carboxylic acids is 1. The van der Waals surface area contributed by atoms with Crippen LogP contribution >= 0.6 is 12.4 Å². The molecule has 0 heterocycles. The number of amides is 1. The summed E-state index contributed by atoms with van der Waals surface area (Å²) in [7, 11) is 1.66. The van der Waals surface area contributed by atoms with Crippen LogP contribution in [0.4, 0.5) is 0 Å². The number of carbonyl (C=O) groups is 1. The summed E-state index contributed by atoms with van der Waals surface area (Å²) in [6.45, 7) is 3.29. The molecular weight excluding hydrogens is 348 g/mol. The lowest BCUT2D eigenvalue weighted by molar-refractivity contribution is -0.133. The number of rotatable bonds is 9. The number of nitrogens with zero attached hydrogens (tertiary/aromatic N) is 1. The van der Waals surface area contributed by atoms with E-state index in [1.54, 1.807) is 7.11 Å². The first-order chi connectivity index (χ1) is 12.1. The summed E-state index contributed by atoms with van der Waals surface area (Å²) in [5, 5.41) is 0. The van der Waals surface area contributed by atoms with Gasteiger partial charge in [0.1, 0.15) is 5.75 Å². The van der Waals surface area contributed by atoms with E-state index >= 15 is 0 Å². The van der Waals surface area contributed by atoms with E-state index in [-0.39, 0.29) is 18.3 Å². The van der Waals surface area contributed by atoms with Gasteiger partial charge in [-0.15, -0.1) is 12.4 Å². The molecule has 2 aromatic rings. The Morgan fingerprint density at radius 3 is 2.31 bits per heavy atom. The van der Waals surface area contributed by atoms with Crippen molar-refractivity contribution in [3.63, 3.8) is 0 Å². The van der Waals surface area contributed by atoms with Crippen LogP contribution in [0, 0.1) is 0 Å². The number of benzene rings is 2. The second-order valence-electron chi connectivity index (χ2n) is 6.24. The zero-order valence-electron chi connectivity index (χ0n) is 15.6. The van der Waals surface area contributed by atoms with Crippen LogP contribution in [-0.2, 0) is 17.8 Å². The van der Waals surface area contributed by atoms with Crippen LogP contribution in [0.1, 0.15) is 30.9 Å². The van der Waals surface area contributed by atoms with E-state index < -0.39 is 6.04 Å². The van der Waals surface area contributed by atoms with Gasteiger partial charge in [-0.25, -0.2) is 0 Å². The van der Waals surface area contributed by atoms with Crippen LogP contribution in [0.15, 0.2) is 54.6 Å². The molecule has 0 aliphatic carbocycles. The Hall–Kier alpha value is -2.04. The smallest absolute Gasteiger partial charge is 0.239 e. The normalized spacial score (nSPS) is 11.3. The van der Waals surface area contributed by atoms with Crippen molar-refractivity contribution in [2.75, 3.05) is 13.7 Å². The average Bonchev–Trinajstić information content (AvgIpc) is 2.66. The van der Waals surface area contributed by atoms with Crippen molar-refractivity contribution < 1.29 is 9.53 Å². The zero-order chi connectivity index (χ0) is 18.1. The van der Waals surface area contributed by atoms with Gasteiger partial charge in [0.05, 0.1) is 13.2 Å². The van der Waals surface area contributed by atoms with E-state index in [0.717, 1.165) is 24.2 Å². The SMILES string of the molecule is CCCC(N)C(=O)N(CCc1ccc(OC)cc1)Cc1ccccc1.Cl. The van der Waals surface area contributed by atoms with Crippen molar-refractivity contribution >= 4 is 18.3 Å². The molecule has 2 rings (SSSR count). The quantitative estimate of drug-likeness (QED) is 0.723. The molecule has 2 N–H and O–H groups in total. The fraction of sp³-hybridized carbons (Fsp3) is 0.381. The molecule has 0 bridgehead atoms. The van der Waals surface area contributed by atoms with E-state index in [4.69, 9.17) is 10.5 Å². The number of methoxy groups -OCH3 is 1. The molecule has 1 amide bonds. The maximum atomic E-state index is 12.7. The summed E-state index contributed by atoms with van der Waals surface area (Å²) in [5.74, 6) is 0.866. The van der Waals surface area contributed by atoms with Crippen LogP contribution in [0.3, 0.4) is 0 Å². The molecule has 0 aliphatic rings. The Labute approximate surface area is 162 Å². The van der Waals surface area contributed by atoms with E-state index in [9.17, 15) is 4.79 Å². The first kappa shape index (κ1) is 22.0. The van der Waals surface area contributed by atoms with Crippen molar-refractivity contribution in [3.8, 4) is 5.75 Å². The minimum Gasteiger partial charge on any atom is -0.497 e. The van der Waals surface area contributed by atoms with Gasteiger partial charge in [0.2, 0.25) is 5.91 Å². The van der Waals surface area contributed by atoms with Crippen LogP contribution in [0.25, 0.3) is 0 Å². The molecule has 0 saturated heterocycles. The molecular formula is C21H29ClN2O2. The highest BCUT2D eigenvalue weighted by Crippen LogP contribution is 2.14. The third kappa shape index (κ3) is 6.70. The summed E-state index contributed by atoms with van der Waals surface area (Å²) < 4.78 is 5.19. The second kappa shape index (κ2) is 11.6. The molecule has 26 heavy (non-hydrogen) atoms. The summed E-state index contributed by atoms with van der Waals surface area (Å²) >= 11 is 0. The van der Waals surface area contributed by atoms with Gasteiger partial charge in [0, 0.05) is 13.1 Å². The van der Waals surface area contributed by atoms with E-state index in [2.05, 4.69) is 0 Å². The Balaban J connectivity index is 0.00000338. The number of halogens is 1. The molecule has 0 aliphatic heterocycles. The summed E-state index contributed by atoms with van der Waals surface area (Å²) in [5.41, 5.74) is 8.38. The molecule has 0 spiro atoms. The predicted octanol–water partition coefficient (Wildman–Crippen LogP) is 3.82. The molecule has 5 heteroatoms. The fourth-order valence-corrected chi connectivity index (χ4v) is 2.80. The van der Waals surface area contributed by atoms with Crippen LogP contribution in [-0.4, -0.2) is 30.5 Å². The average molecular weight is 377 g/mol. The third-order valence-electron chi connectivity index (χ3n) is 4.27.